The van der Waals surface area contributed by atoms with Crippen LogP contribution in [-0.2, 0) is 46.4 Å². The maximum absolute atomic E-state index is 14.0. The smallest absolute Gasteiger partial charge is 0.326 e. The van der Waals surface area contributed by atoms with Crippen molar-refractivity contribution in [3.8, 4) is 0 Å². The first-order chi connectivity index (χ1) is 30.4. The first-order valence-electron chi connectivity index (χ1n) is 23.1. The zero-order chi connectivity index (χ0) is 47.6. The van der Waals surface area contributed by atoms with E-state index < -0.39 is 59.7 Å². The van der Waals surface area contributed by atoms with Crippen LogP contribution in [0.3, 0.4) is 0 Å². The van der Waals surface area contributed by atoms with Crippen molar-refractivity contribution in [2.75, 3.05) is 19.6 Å². The van der Waals surface area contributed by atoms with Gasteiger partial charge in [0.05, 0.1) is 18.1 Å². The number of ketones is 3. The van der Waals surface area contributed by atoms with Crippen LogP contribution in [0.4, 0.5) is 0 Å². The molecule has 0 fully saturated rings. The van der Waals surface area contributed by atoms with Gasteiger partial charge in [-0.25, -0.2) is 4.79 Å². The summed E-state index contributed by atoms with van der Waals surface area (Å²) in [7, 11) is 0. The number of amides is 3. The molecule has 7 atom stereocenters. The molecule has 2 aromatic carbocycles. The van der Waals surface area contributed by atoms with Crippen LogP contribution < -0.4 is 38.9 Å². The molecule has 0 bridgehead atoms. The first-order valence-corrected chi connectivity index (χ1v) is 23.1. The summed E-state index contributed by atoms with van der Waals surface area (Å²) in [6, 6.07) is 15.1. The molecule has 1 unspecified atom stereocenters. The summed E-state index contributed by atoms with van der Waals surface area (Å²) in [5.41, 5.74) is 25.6. The van der Waals surface area contributed by atoms with Crippen molar-refractivity contribution in [1.29, 1.82) is 0 Å². The quantitative estimate of drug-likeness (QED) is 0.0467. The number of hydrogen-bond acceptors (Lipinski definition) is 11. The average Bonchev–Trinajstić information content (AvgIpc) is 3.25. The van der Waals surface area contributed by atoms with E-state index >= 15 is 0 Å². The van der Waals surface area contributed by atoms with Gasteiger partial charge in [-0.15, -0.1) is 0 Å². The van der Waals surface area contributed by atoms with Crippen LogP contribution in [0.25, 0.3) is 0 Å². The Balaban J connectivity index is 2.08. The Morgan fingerprint density at radius 1 is 0.531 bits per heavy atom. The number of unbranched alkanes of at least 4 members (excludes halogenated alkanes) is 1. The number of Topliss-reactive ketones (excluding diaryl/α,β-unsaturated/α-hetero) is 3. The Hall–Kier alpha value is -4.83. The van der Waals surface area contributed by atoms with E-state index in [4.69, 9.17) is 22.9 Å². The van der Waals surface area contributed by atoms with Gasteiger partial charge >= 0.3 is 5.97 Å². The monoisotopic (exact) mass is 892 g/mol. The van der Waals surface area contributed by atoms with E-state index in [0.717, 1.165) is 11.1 Å². The second kappa shape index (κ2) is 30.3. The molecule has 2 rings (SSSR count). The molecule has 0 aliphatic heterocycles. The SMILES string of the molecule is CC(C)C[C@@H](N)C(=O)C[C@H](CCCN)C(=O)NC(CCCCNC(=O)[C@@H](CCCN)CC(=O)[C@@H](CC(C)C)NC(=O)[C@H](CC(=O)[C@H](N)Cc1ccccc1)Cc1ccccc1)C(=O)O. The third kappa shape index (κ3) is 21.7. The van der Waals surface area contributed by atoms with Crippen molar-refractivity contribution >= 4 is 41.0 Å². The Kier molecular flexibility index (Phi) is 26.2. The standard InChI is InChI=1S/C49H77N7O8/c1-32(2)25-39(52)43(57)29-37(20-14-23-51)47(61)55-41(49(63)64)21-11-12-24-54-46(60)36(19-13-22-50)30-45(59)42(26-33(3)4)56-48(62)38(27-34-15-7-5-8-16-34)31-44(58)40(53)28-35-17-9-6-10-18-35/h5-10,15-18,32-33,36-42H,11-14,19-31,50-53H2,1-4H3,(H,54,60)(H,55,61)(H,56,62)(H,63,64)/t36-,37-,38-,39+,40+,41?,42+/m0/s1. The molecule has 2 aromatic rings. The highest BCUT2D eigenvalue weighted by Crippen LogP contribution is 2.21. The van der Waals surface area contributed by atoms with E-state index in [-0.39, 0.29) is 73.7 Å². The molecule has 0 radical (unpaired) electrons. The molecule has 356 valence electrons. The second-order valence-corrected chi connectivity index (χ2v) is 18.1. The predicted molar refractivity (Wildman–Crippen MR) is 249 cm³/mol. The minimum Gasteiger partial charge on any atom is -0.480 e. The number of rotatable bonds is 34. The fraction of sp³-hybridized carbons (Fsp3) is 0.612. The highest BCUT2D eigenvalue weighted by atomic mass is 16.4. The molecule has 15 heteroatoms. The molecule has 0 aliphatic rings. The molecule has 15 nitrogen and oxygen atoms in total. The fourth-order valence-corrected chi connectivity index (χ4v) is 7.74. The summed E-state index contributed by atoms with van der Waals surface area (Å²) in [5, 5.41) is 18.3. The van der Waals surface area contributed by atoms with Crippen LogP contribution in [0.2, 0.25) is 0 Å². The van der Waals surface area contributed by atoms with Crippen molar-refractivity contribution in [3.63, 3.8) is 0 Å². The minimum absolute atomic E-state index is 0.0193. The lowest BCUT2D eigenvalue weighted by atomic mass is 9.88. The molecule has 0 saturated carbocycles. The lowest BCUT2D eigenvalue weighted by Crippen LogP contribution is -2.47. The molecule has 0 saturated heterocycles. The summed E-state index contributed by atoms with van der Waals surface area (Å²) in [6.45, 7) is 8.58. The van der Waals surface area contributed by atoms with Gasteiger partial charge in [0.2, 0.25) is 17.7 Å². The van der Waals surface area contributed by atoms with Crippen LogP contribution in [0, 0.1) is 29.6 Å². The third-order valence-electron chi connectivity index (χ3n) is 11.4. The first kappa shape index (κ1) is 55.3. The van der Waals surface area contributed by atoms with E-state index in [9.17, 15) is 38.7 Å². The molecule has 12 N–H and O–H groups in total. The molecule has 0 heterocycles. The number of carboxylic acid groups (broad SMARTS) is 1. The molecule has 0 aromatic heterocycles. The maximum Gasteiger partial charge on any atom is 0.326 e. The summed E-state index contributed by atoms with van der Waals surface area (Å²) in [5.74, 6) is -5.43. The molecular formula is C49H77N7O8. The van der Waals surface area contributed by atoms with Crippen molar-refractivity contribution in [2.45, 2.75) is 142 Å². The van der Waals surface area contributed by atoms with Crippen LogP contribution in [0.5, 0.6) is 0 Å². The number of aliphatic carboxylic acids is 1. The zero-order valence-corrected chi connectivity index (χ0v) is 38.6. The Bertz CT molecular complexity index is 1740. The molecule has 0 spiro atoms. The lowest BCUT2D eigenvalue weighted by molar-refractivity contribution is -0.143. The average molecular weight is 892 g/mol. The van der Waals surface area contributed by atoms with Crippen molar-refractivity contribution in [2.24, 2.45) is 52.5 Å². The molecular weight excluding hydrogens is 815 g/mol. The number of carboxylic acids is 1. The number of nitrogens with one attached hydrogen (secondary N) is 3. The minimum atomic E-state index is -1.22. The van der Waals surface area contributed by atoms with Gasteiger partial charge in [0, 0.05) is 43.6 Å². The van der Waals surface area contributed by atoms with Gasteiger partial charge in [0.15, 0.2) is 11.6 Å². The number of nitrogens with two attached hydrogens (primary N) is 4. The van der Waals surface area contributed by atoms with Crippen molar-refractivity contribution in [1.82, 2.24) is 16.0 Å². The lowest BCUT2D eigenvalue weighted by Gasteiger charge is -2.25. The van der Waals surface area contributed by atoms with Gasteiger partial charge in [-0.1, -0.05) is 88.4 Å². The topological polar surface area (TPSA) is 280 Å². The summed E-state index contributed by atoms with van der Waals surface area (Å²) >= 11 is 0. The molecule has 64 heavy (non-hydrogen) atoms. The second-order valence-electron chi connectivity index (χ2n) is 18.1. The fourth-order valence-electron chi connectivity index (χ4n) is 7.74. The number of carbonyl (C=O) groups is 7. The van der Waals surface area contributed by atoms with Gasteiger partial charge in [-0.2, -0.15) is 0 Å². The Labute approximate surface area is 380 Å². The van der Waals surface area contributed by atoms with Gasteiger partial charge < -0.3 is 44.0 Å². The van der Waals surface area contributed by atoms with E-state index in [1.54, 1.807) is 0 Å². The van der Waals surface area contributed by atoms with E-state index in [1.807, 2.05) is 88.4 Å². The van der Waals surface area contributed by atoms with Gasteiger partial charge in [0.1, 0.15) is 11.8 Å². The summed E-state index contributed by atoms with van der Waals surface area (Å²) in [4.78, 5) is 93.2. The predicted octanol–water partition coefficient (Wildman–Crippen LogP) is 3.76. The normalized spacial score (nSPS) is 14.7. The van der Waals surface area contributed by atoms with E-state index in [2.05, 4.69) is 16.0 Å². The van der Waals surface area contributed by atoms with Crippen LogP contribution in [0.15, 0.2) is 60.7 Å². The van der Waals surface area contributed by atoms with Crippen LogP contribution >= 0.6 is 0 Å². The third-order valence-corrected chi connectivity index (χ3v) is 11.4. The van der Waals surface area contributed by atoms with Gasteiger partial charge in [-0.05, 0) is 107 Å². The highest BCUT2D eigenvalue weighted by Gasteiger charge is 2.32. The van der Waals surface area contributed by atoms with E-state index in [0.29, 0.717) is 70.9 Å². The Morgan fingerprint density at radius 2 is 1.00 bits per heavy atom. The highest BCUT2D eigenvalue weighted by molar-refractivity contribution is 5.95. The van der Waals surface area contributed by atoms with Gasteiger partial charge in [0.25, 0.3) is 0 Å². The zero-order valence-electron chi connectivity index (χ0n) is 38.6. The number of hydrogen-bond donors (Lipinski definition) is 8. The van der Waals surface area contributed by atoms with Crippen LogP contribution in [-0.4, -0.2) is 89.9 Å². The van der Waals surface area contributed by atoms with Crippen molar-refractivity contribution in [3.05, 3.63) is 71.8 Å². The van der Waals surface area contributed by atoms with Crippen LogP contribution in [0.1, 0.15) is 116 Å². The number of benzene rings is 2. The summed E-state index contributed by atoms with van der Waals surface area (Å²) in [6.07, 6.45) is 3.50. The summed E-state index contributed by atoms with van der Waals surface area (Å²) < 4.78 is 0. The van der Waals surface area contributed by atoms with Crippen molar-refractivity contribution < 1.29 is 38.7 Å². The Morgan fingerprint density at radius 3 is 1.53 bits per heavy atom. The number of carbonyl (C=O) groups excluding carboxylic acids is 6. The van der Waals surface area contributed by atoms with Gasteiger partial charge in [-0.3, -0.25) is 28.8 Å². The molecule has 0 aliphatic carbocycles. The molecule has 3 amide bonds. The largest absolute Gasteiger partial charge is 0.480 e. The maximum atomic E-state index is 14.0. The van der Waals surface area contributed by atoms with E-state index in [1.165, 1.54) is 0 Å².